The van der Waals surface area contributed by atoms with Gasteiger partial charge in [0, 0.05) is 25.8 Å². The number of aromatic nitrogens is 2. The van der Waals surface area contributed by atoms with E-state index in [1.54, 1.807) is 6.20 Å². The fraction of sp³-hybridized carbons (Fsp3) is 0.444. The number of alkyl halides is 3. The predicted molar refractivity (Wildman–Crippen MR) is 95.8 cm³/mol. The molecular weight excluding hydrogens is 362 g/mol. The molecule has 0 aliphatic rings. The van der Waals surface area contributed by atoms with Crippen molar-refractivity contribution in [3.63, 3.8) is 0 Å². The van der Waals surface area contributed by atoms with Crippen molar-refractivity contribution in [2.45, 2.75) is 39.5 Å². The topological polar surface area (TPSA) is 54.2 Å². The second kappa shape index (κ2) is 9.38. The van der Waals surface area contributed by atoms with E-state index in [1.165, 1.54) is 0 Å². The molecule has 9 heteroatoms. The SMILES string of the molecule is CCNC(=NCc1ccc(F)cc1C(F)(F)F)NCCCn1cc(C)cn1. The largest absolute Gasteiger partial charge is 0.416 e. The number of guanidine groups is 1. The Hall–Kier alpha value is -2.58. The molecule has 0 saturated heterocycles. The highest BCUT2D eigenvalue weighted by Crippen LogP contribution is 2.32. The Labute approximate surface area is 155 Å². The van der Waals surface area contributed by atoms with Crippen LogP contribution in [0.1, 0.15) is 30.0 Å². The second-order valence-corrected chi connectivity index (χ2v) is 6.06. The van der Waals surface area contributed by atoms with Crippen LogP contribution in [0.2, 0.25) is 0 Å². The molecule has 0 saturated carbocycles. The van der Waals surface area contributed by atoms with Crippen LogP contribution in [0, 0.1) is 12.7 Å². The molecule has 0 atom stereocenters. The highest BCUT2D eigenvalue weighted by Gasteiger charge is 2.33. The molecule has 0 fully saturated rings. The Balaban J connectivity index is 1.96. The zero-order chi connectivity index (χ0) is 19.9. The first kappa shape index (κ1) is 20.7. The van der Waals surface area contributed by atoms with Crippen LogP contribution in [0.25, 0.3) is 0 Å². The summed E-state index contributed by atoms with van der Waals surface area (Å²) in [5.41, 5.74) is 0.00176. The smallest absolute Gasteiger partial charge is 0.357 e. The summed E-state index contributed by atoms with van der Waals surface area (Å²) in [4.78, 5) is 4.19. The van der Waals surface area contributed by atoms with E-state index in [9.17, 15) is 17.6 Å². The number of halogens is 4. The third kappa shape index (κ3) is 6.58. The third-order valence-corrected chi connectivity index (χ3v) is 3.75. The quantitative estimate of drug-likeness (QED) is 0.332. The highest BCUT2D eigenvalue weighted by molar-refractivity contribution is 5.79. The van der Waals surface area contributed by atoms with Gasteiger partial charge in [0.2, 0.25) is 0 Å². The molecule has 27 heavy (non-hydrogen) atoms. The van der Waals surface area contributed by atoms with Crippen molar-refractivity contribution >= 4 is 5.96 Å². The van der Waals surface area contributed by atoms with Crippen LogP contribution in [0.3, 0.4) is 0 Å². The molecule has 0 bridgehead atoms. The van der Waals surface area contributed by atoms with Crippen molar-refractivity contribution in [3.05, 3.63) is 53.1 Å². The van der Waals surface area contributed by atoms with Crippen molar-refractivity contribution in [3.8, 4) is 0 Å². The zero-order valence-electron chi connectivity index (χ0n) is 15.3. The molecule has 0 radical (unpaired) electrons. The van der Waals surface area contributed by atoms with Crippen LogP contribution >= 0.6 is 0 Å². The first-order valence-corrected chi connectivity index (χ1v) is 8.66. The van der Waals surface area contributed by atoms with Gasteiger partial charge in [-0.3, -0.25) is 4.68 Å². The Kier molecular flexibility index (Phi) is 7.20. The van der Waals surface area contributed by atoms with Crippen LogP contribution in [0.4, 0.5) is 17.6 Å². The van der Waals surface area contributed by atoms with E-state index in [-0.39, 0.29) is 12.1 Å². The van der Waals surface area contributed by atoms with Crippen molar-refractivity contribution in [1.82, 2.24) is 20.4 Å². The number of aliphatic imine (C=N–C) groups is 1. The minimum absolute atomic E-state index is 0.0758. The van der Waals surface area contributed by atoms with E-state index in [4.69, 9.17) is 0 Å². The Morgan fingerprint density at radius 2 is 2.04 bits per heavy atom. The average Bonchev–Trinajstić information content (AvgIpc) is 3.01. The maximum atomic E-state index is 13.2. The summed E-state index contributed by atoms with van der Waals surface area (Å²) in [6, 6.07) is 2.62. The highest BCUT2D eigenvalue weighted by atomic mass is 19.4. The summed E-state index contributed by atoms with van der Waals surface area (Å²) < 4.78 is 54.2. The van der Waals surface area contributed by atoms with E-state index in [2.05, 4.69) is 20.7 Å². The summed E-state index contributed by atoms with van der Waals surface area (Å²) in [5, 5.41) is 10.3. The van der Waals surface area contributed by atoms with Gasteiger partial charge in [-0.15, -0.1) is 0 Å². The number of hydrogen-bond donors (Lipinski definition) is 2. The molecular formula is C18H23F4N5. The molecule has 148 valence electrons. The van der Waals surface area contributed by atoms with Crippen molar-refractivity contribution in [2.75, 3.05) is 13.1 Å². The zero-order valence-corrected chi connectivity index (χ0v) is 15.3. The lowest BCUT2D eigenvalue weighted by atomic mass is 10.1. The monoisotopic (exact) mass is 385 g/mol. The number of rotatable bonds is 7. The van der Waals surface area contributed by atoms with Gasteiger partial charge in [0.25, 0.3) is 0 Å². The fourth-order valence-corrected chi connectivity index (χ4v) is 2.49. The van der Waals surface area contributed by atoms with Gasteiger partial charge in [-0.05, 0) is 43.5 Å². The van der Waals surface area contributed by atoms with Gasteiger partial charge in [0.05, 0.1) is 18.3 Å². The minimum atomic E-state index is -4.62. The van der Waals surface area contributed by atoms with Gasteiger partial charge in [-0.2, -0.15) is 18.3 Å². The second-order valence-electron chi connectivity index (χ2n) is 6.06. The Bertz CT molecular complexity index is 767. The normalized spacial score (nSPS) is 12.3. The van der Waals surface area contributed by atoms with Crippen LogP contribution in [-0.2, 0) is 19.3 Å². The number of benzene rings is 1. The molecule has 0 aliphatic heterocycles. The maximum Gasteiger partial charge on any atom is 0.416 e. The predicted octanol–water partition coefficient (Wildman–Crippen LogP) is 3.49. The molecule has 0 spiro atoms. The lowest BCUT2D eigenvalue weighted by Gasteiger charge is -2.14. The number of nitrogens with one attached hydrogen (secondary N) is 2. The van der Waals surface area contributed by atoms with E-state index in [1.807, 2.05) is 24.7 Å². The lowest BCUT2D eigenvalue weighted by molar-refractivity contribution is -0.138. The van der Waals surface area contributed by atoms with Crippen molar-refractivity contribution in [1.29, 1.82) is 0 Å². The van der Waals surface area contributed by atoms with Gasteiger partial charge in [-0.25, -0.2) is 9.38 Å². The lowest BCUT2D eigenvalue weighted by Crippen LogP contribution is -2.38. The van der Waals surface area contributed by atoms with Gasteiger partial charge >= 0.3 is 6.18 Å². The number of hydrogen-bond acceptors (Lipinski definition) is 2. The molecule has 2 aromatic rings. The van der Waals surface area contributed by atoms with Crippen LogP contribution in [0.5, 0.6) is 0 Å². The molecule has 5 nitrogen and oxygen atoms in total. The van der Waals surface area contributed by atoms with Crippen LogP contribution < -0.4 is 10.6 Å². The van der Waals surface area contributed by atoms with Crippen molar-refractivity contribution in [2.24, 2.45) is 4.99 Å². The van der Waals surface area contributed by atoms with E-state index in [0.29, 0.717) is 25.1 Å². The molecule has 1 aromatic carbocycles. The summed E-state index contributed by atoms with van der Waals surface area (Å²) in [6.45, 7) is 5.49. The summed E-state index contributed by atoms with van der Waals surface area (Å²) >= 11 is 0. The Morgan fingerprint density at radius 1 is 1.26 bits per heavy atom. The first-order valence-electron chi connectivity index (χ1n) is 8.66. The third-order valence-electron chi connectivity index (χ3n) is 3.75. The Morgan fingerprint density at radius 3 is 2.67 bits per heavy atom. The molecule has 2 N–H and O–H groups in total. The van der Waals surface area contributed by atoms with E-state index < -0.39 is 17.6 Å². The first-order chi connectivity index (χ1) is 12.8. The van der Waals surface area contributed by atoms with E-state index in [0.717, 1.165) is 30.7 Å². The average molecular weight is 385 g/mol. The van der Waals surface area contributed by atoms with Gasteiger partial charge in [0.15, 0.2) is 5.96 Å². The van der Waals surface area contributed by atoms with Gasteiger partial charge in [-0.1, -0.05) is 6.07 Å². The number of aryl methyl sites for hydroxylation is 2. The van der Waals surface area contributed by atoms with Crippen LogP contribution in [-0.4, -0.2) is 28.8 Å². The van der Waals surface area contributed by atoms with E-state index >= 15 is 0 Å². The molecule has 2 rings (SSSR count). The standard InChI is InChI=1S/C18H23F4N5/c1-3-23-17(24-7-4-8-27-12-13(2)10-26-27)25-11-14-5-6-15(19)9-16(14)18(20,21)22/h5-6,9-10,12H,3-4,7-8,11H2,1-2H3,(H2,23,24,25). The maximum absolute atomic E-state index is 13.2. The summed E-state index contributed by atoms with van der Waals surface area (Å²) in [5.74, 6) is -0.513. The molecule has 1 aromatic heterocycles. The molecule has 1 heterocycles. The van der Waals surface area contributed by atoms with Gasteiger partial charge < -0.3 is 10.6 Å². The molecule has 0 unspecified atom stereocenters. The number of nitrogens with zero attached hydrogens (tertiary/aromatic N) is 3. The molecule has 0 aliphatic carbocycles. The van der Waals surface area contributed by atoms with Crippen LogP contribution in [0.15, 0.2) is 35.6 Å². The fourth-order valence-electron chi connectivity index (χ4n) is 2.49. The minimum Gasteiger partial charge on any atom is -0.357 e. The van der Waals surface area contributed by atoms with Gasteiger partial charge in [0.1, 0.15) is 5.82 Å². The summed E-state index contributed by atoms with van der Waals surface area (Å²) in [7, 11) is 0. The molecule has 0 amide bonds. The van der Waals surface area contributed by atoms with Crippen molar-refractivity contribution < 1.29 is 17.6 Å². The summed E-state index contributed by atoms with van der Waals surface area (Å²) in [6.07, 6.45) is -0.136.